The Hall–Kier alpha value is 2.06. The van der Waals surface area contributed by atoms with Crippen molar-refractivity contribution in [2.45, 2.75) is 0 Å². The zero-order chi connectivity index (χ0) is 0. The van der Waals surface area contributed by atoms with Crippen LogP contribution in [0.2, 0.25) is 0 Å². The van der Waals surface area contributed by atoms with E-state index in [-0.39, 0.29) is 79.6 Å². The fraction of sp³-hybridized carbons (Fsp3) is 0. The van der Waals surface area contributed by atoms with E-state index in [1.165, 1.54) is 0 Å². The Balaban J connectivity index is 0. The third-order valence-electron chi connectivity index (χ3n) is 0. The molecule has 1 nitrogen and oxygen atoms in total. The summed E-state index contributed by atoms with van der Waals surface area (Å²) in [7, 11) is 0. The second-order valence-corrected chi connectivity index (χ2v) is 0. The molecule has 0 radical (unpaired) electrons. The summed E-state index contributed by atoms with van der Waals surface area (Å²) in [6.45, 7) is 0. The van der Waals surface area contributed by atoms with E-state index in [0.717, 1.165) is 0 Å². The van der Waals surface area contributed by atoms with Gasteiger partial charge in [-0.2, -0.15) is 0 Å². The van der Waals surface area contributed by atoms with Gasteiger partial charge in [0.15, 0.2) is 17.4 Å². The van der Waals surface area contributed by atoms with Crippen molar-refractivity contribution < 1.29 is 4.70 Å². The molecule has 0 spiro atoms. The van der Waals surface area contributed by atoms with Crippen LogP contribution in [-0.2, 0) is 0 Å². The Morgan fingerprint density at radius 2 is 1.00 bits per heavy atom. The average Bonchev–Trinajstić information content (AvgIpc) is 0. The van der Waals surface area contributed by atoms with Crippen molar-refractivity contribution in [3.8, 4) is 0 Å². The topological polar surface area (TPSA) is 35.0 Å². The molecule has 0 aliphatic carbocycles. The molecule has 0 aliphatic rings. The summed E-state index contributed by atoms with van der Waals surface area (Å²) in [5.41, 5.74) is 0. The molecule has 0 heterocycles. The molecule has 0 saturated heterocycles. The van der Waals surface area contributed by atoms with Gasteiger partial charge in [-0.25, -0.2) is 0 Å². The predicted molar refractivity (Wildman–Crippen MR) is 24.6 cm³/mol. The fourth-order valence-corrected chi connectivity index (χ4v) is 0. The summed E-state index contributed by atoms with van der Waals surface area (Å²) in [6.07, 6.45) is 0. The summed E-state index contributed by atoms with van der Waals surface area (Å²) in [4.78, 5) is 0. The first-order valence-corrected chi connectivity index (χ1v) is 0. The molecule has 0 unspecified atom stereocenters. The van der Waals surface area contributed by atoms with Gasteiger partial charge in [0.05, 0.1) is 0 Å². The molecule has 4 heteroatoms. The molecule has 0 fully saturated rings. The van der Waals surface area contributed by atoms with Crippen molar-refractivity contribution in [3.63, 3.8) is 0 Å². The van der Waals surface area contributed by atoms with Crippen LogP contribution < -0.4 is 6.15 Å². The third-order valence-corrected chi connectivity index (χ3v) is 0. The summed E-state index contributed by atoms with van der Waals surface area (Å²) < 4.78 is 0. The number of rotatable bonds is 0. The van der Waals surface area contributed by atoms with Gasteiger partial charge in [0.2, 0.25) is 0 Å². The van der Waals surface area contributed by atoms with Crippen LogP contribution in [0, 0.1) is 0 Å². The number of hydrogen-bond donors (Lipinski definition) is 1. The normalized spacial score (nSPS) is 0. The molecule has 4 heavy (non-hydrogen) atoms. The Morgan fingerprint density at radius 3 is 1.00 bits per heavy atom. The van der Waals surface area contributed by atoms with Gasteiger partial charge in [0.25, 0.3) is 0 Å². The Labute approximate surface area is 78.0 Å². The molecule has 24 valence electrons. The van der Waals surface area contributed by atoms with Crippen molar-refractivity contribution in [1.29, 1.82) is 0 Å². The van der Waals surface area contributed by atoms with E-state index in [1.54, 1.807) is 0 Å². The van der Waals surface area contributed by atoms with Crippen molar-refractivity contribution in [1.82, 2.24) is 6.15 Å². The van der Waals surface area contributed by atoms with E-state index in [2.05, 4.69) is 0 Å². The third kappa shape index (κ3) is 8.96. The van der Waals surface area contributed by atoms with Crippen molar-refractivity contribution >= 4 is 68.7 Å². The summed E-state index contributed by atoms with van der Waals surface area (Å²) in [5, 5.41) is 0. The molecule has 3 N–H and O–H groups in total. The molecule has 0 atom stereocenters. The van der Waals surface area contributed by atoms with Crippen LogP contribution in [0.5, 0.6) is 0 Å². The molecule has 0 bridgehead atoms. The predicted octanol–water partition coefficient (Wildman–Crippen LogP) is -1.52. The van der Waals surface area contributed by atoms with Gasteiger partial charge in [-0.3, -0.25) is 4.70 Å². The van der Waals surface area contributed by atoms with E-state index in [9.17, 15) is 0 Å². The van der Waals surface area contributed by atoms with Crippen LogP contribution in [0.1, 0.15) is 0 Å². The zero-order valence-corrected chi connectivity index (χ0v) is 1.12. The van der Waals surface area contributed by atoms with Crippen molar-refractivity contribution in [3.05, 3.63) is 0 Å². The van der Waals surface area contributed by atoms with Gasteiger partial charge < -0.3 is 6.15 Å². The average molecular weight is 107 g/mol. The summed E-state index contributed by atoms with van der Waals surface area (Å²) in [5.74, 6) is 0. The summed E-state index contributed by atoms with van der Waals surface area (Å²) in [6, 6.07) is 0. The molecule has 0 rings (SSSR count). The van der Waals surface area contributed by atoms with Crippen LogP contribution >= 0.6 is 0 Å². The van der Waals surface area contributed by atoms with Gasteiger partial charge in [-0.05, 0) is 0 Å². The molecular formula is H8AlFKN. The second-order valence-electron chi connectivity index (χ2n) is 0. The maximum atomic E-state index is 0. The van der Waals surface area contributed by atoms with Crippen molar-refractivity contribution in [2.75, 3.05) is 0 Å². The first-order valence-electron chi connectivity index (χ1n) is 0. The molecular weight excluding hydrogens is 99.1 g/mol. The van der Waals surface area contributed by atoms with Gasteiger partial charge in [0, 0.05) is 0 Å². The van der Waals surface area contributed by atoms with Crippen LogP contribution in [-0.4, -0.2) is 68.7 Å². The van der Waals surface area contributed by atoms with Gasteiger partial charge in [-0.1, -0.05) is 0 Å². The number of halogens is 1. The van der Waals surface area contributed by atoms with Crippen LogP contribution in [0.15, 0.2) is 0 Å². The Kier molecular flexibility index (Phi) is 180. The van der Waals surface area contributed by atoms with E-state index in [1.807, 2.05) is 0 Å². The molecule has 0 aliphatic heterocycles. The van der Waals surface area contributed by atoms with Crippen LogP contribution in [0.25, 0.3) is 0 Å². The maximum absolute atomic E-state index is 0. The van der Waals surface area contributed by atoms with E-state index in [0.29, 0.717) is 0 Å². The van der Waals surface area contributed by atoms with E-state index >= 15 is 0 Å². The molecule has 0 saturated carbocycles. The van der Waals surface area contributed by atoms with Gasteiger partial charge in [0.1, 0.15) is 0 Å². The van der Waals surface area contributed by atoms with E-state index in [4.69, 9.17) is 0 Å². The summed E-state index contributed by atoms with van der Waals surface area (Å²) >= 11 is 0. The van der Waals surface area contributed by atoms with Gasteiger partial charge >= 0.3 is 51.4 Å². The molecule has 0 aromatic carbocycles. The van der Waals surface area contributed by atoms with Crippen LogP contribution in [0.4, 0.5) is 4.70 Å². The Bertz CT molecular complexity index is 8.00. The quantitative estimate of drug-likeness (QED) is 0.375. The van der Waals surface area contributed by atoms with Crippen LogP contribution in [0.3, 0.4) is 0 Å². The molecule has 0 aromatic heterocycles. The number of hydrogen-bond acceptors (Lipinski definition) is 1. The van der Waals surface area contributed by atoms with E-state index < -0.39 is 0 Å². The SMILES string of the molecule is F.N.[AlH3].[KH]. The Morgan fingerprint density at radius 1 is 1.00 bits per heavy atom. The van der Waals surface area contributed by atoms with Gasteiger partial charge in [-0.15, -0.1) is 0 Å². The standard InChI is InChI=1S/Al.FH.K.H3N.4H/h;1H;;1H3;;;;. The minimum atomic E-state index is 0. The minimum absolute atomic E-state index is 0. The zero-order valence-electron chi connectivity index (χ0n) is 1.12. The first kappa shape index (κ1) is 36.6. The van der Waals surface area contributed by atoms with Crippen molar-refractivity contribution in [2.24, 2.45) is 0 Å². The molecule has 0 aromatic rings. The molecule has 0 amide bonds. The fourth-order valence-electron chi connectivity index (χ4n) is 0. The first-order chi connectivity index (χ1) is 0. The second kappa shape index (κ2) is 19.7. The monoisotopic (exact) mass is 107 g/mol.